The average Bonchev–Trinajstić information content (AvgIpc) is 3.33. The van der Waals surface area contributed by atoms with Crippen LogP contribution in [0.5, 0.6) is 0 Å². The number of carbonyl (C=O) groups excluding carboxylic acids is 1. The topological polar surface area (TPSA) is 69.6 Å². The minimum Gasteiger partial charge on any atom is -0.394 e. The summed E-state index contributed by atoms with van der Waals surface area (Å²) in [5.41, 5.74) is 0. The zero-order chi connectivity index (χ0) is 48.5. The van der Waals surface area contributed by atoms with E-state index in [2.05, 4.69) is 55.6 Å². The third-order valence-corrected chi connectivity index (χ3v) is 14.0. The smallest absolute Gasteiger partial charge is 0.220 e. The van der Waals surface area contributed by atoms with Gasteiger partial charge in [0.05, 0.1) is 18.8 Å². The third-order valence-electron chi connectivity index (χ3n) is 14.0. The van der Waals surface area contributed by atoms with Gasteiger partial charge in [0.1, 0.15) is 0 Å². The van der Waals surface area contributed by atoms with Crippen molar-refractivity contribution >= 4 is 5.91 Å². The fourth-order valence-electron chi connectivity index (χ4n) is 9.39. The number of amides is 1. The lowest BCUT2D eigenvalue weighted by Gasteiger charge is -2.19. The number of aliphatic hydroxyl groups excluding tert-OH is 2. The average molecular weight is 939 g/mol. The number of aliphatic hydroxyl groups is 2. The summed E-state index contributed by atoms with van der Waals surface area (Å²) in [5.74, 6) is -0.0735. The Morgan fingerprint density at radius 2 is 0.582 bits per heavy atom. The number of nitrogens with one attached hydrogen (secondary N) is 1. The molecule has 0 aromatic carbocycles. The second kappa shape index (κ2) is 58.7. The standard InChI is InChI=1S/C63H119NO3/c1-3-5-7-9-11-13-15-17-19-21-23-25-27-29-30-31-32-33-34-35-37-39-41-43-45-47-49-51-53-55-57-59-63(67)64-61(60-65)62(66)58-56-54-52-50-48-46-44-42-40-38-36-28-26-24-22-20-18-16-14-12-10-8-6-4-2/h29-30,40,42,48,50,56,58,61-62,65-66H,3-28,31-39,41,43-47,49,51-55,57,59-60H2,1-2H3,(H,64,67)/b30-29-,42-40+,50-48+,58-56+. The second-order valence-corrected chi connectivity index (χ2v) is 20.7. The predicted octanol–water partition coefficient (Wildman–Crippen LogP) is 20.2. The molecule has 3 N–H and O–H groups in total. The van der Waals surface area contributed by atoms with Crippen LogP contribution < -0.4 is 5.32 Å². The fourth-order valence-corrected chi connectivity index (χ4v) is 9.39. The maximum atomic E-state index is 12.5. The molecule has 0 fully saturated rings. The highest BCUT2D eigenvalue weighted by atomic mass is 16.3. The Hall–Kier alpha value is -1.65. The van der Waals surface area contributed by atoms with Gasteiger partial charge < -0.3 is 15.5 Å². The van der Waals surface area contributed by atoms with Gasteiger partial charge in [-0.2, -0.15) is 0 Å². The molecule has 67 heavy (non-hydrogen) atoms. The molecule has 0 aromatic heterocycles. The van der Waals surface area contributed by atoms with Crippen LogP contribution in [0.3, 0.4) is 0 Å². The number of allylic oxidation sites excluding steroid dienone is 7. The van der Waals surface area contributed by atoms with Gasteiger partial charge in [0.2, 0.25) is 5.91 Å². The zero-order valence-electron chi connectivity index (χ0n) is 45.4. The van der Waals surface area contributed by atoms with Crippen molar-refractivity contribution in [2.45, 2.75) is 341 Å². The number of rotatable bonds is 56. The first-order valence-corrected chi connectivity index (χ1v) is 30.4. The molecule has 0 aliphatic rings. The van der Waals surface area contributed by atoms with Gasteiger partial charge in [-0.05, 0) is 70.6 Å². The maximum absolute atomic E-state index is 12.5. The maximum Gasteiger partial charge on any atom is 0.220 e. The molecule has 0 saturated heterocycles. The Balaban J connectivity index is 3.51. The number of hydrogen-bond donors (Lipinski definition) is 3. The second-order valence-electron chi connectivity index (χ2n) is 20.7. The largest absolute Gasteiger partial charge is 0.394 e. The molecule has 0 aromatic rings. The Bertz CT molecular complexity index is 1060. The predicted molar refractivity (Wildman–Crippen MR) is 299 cm³/mol. The summed E-state index contributed by atoms with van der Waals surface area (Å²) in [5, 5.41) is 23.2. The lowest BCUT2D eigenvalue weighted by molar-refractivity contribution is -0.123. The van der Waals surface area contributed by atoms with E-state index >= 15 is 0 Å². The number of hydrogen-bond acceptors (Lipinski definition) is 3. The van der Waals surface area contributed by atoms with Crippen molar-refractivity contribution in [1.29, 1.82) is 0 Å². The minimum atomic E-state index is -0.871. The van der Waals surface area contributed by atoms with Crippen LogP contribution in [-0.4, -0.2) is 34.9 Å². The van der Waals surface area contributed by atoms with E-state index < -0.39 is 12.1 Å². The fraction of sp³-hybridized carbons (Fsp3) is 0.857. The zero-order valence-corrected chi connectivity index (χ0v) is 45.4. The van der Waals surface area contributed by atoms with Crippen LogP contribution >= 0.6 is 0 Å². The van der Waals surface area contributed by atoms with Crippen molar-refractivity contribution in [2.24, 2.45) is 0 Å². The van der Waals surface area contributed by atoms with E-state index in [4.69, 9.17) is 0 Å². The molecule has 0 rings (SSSR count). The summed E-state index contributed by atoms with van der Waals surface area (Å²) in [4.78, 5) is 12.5. The molecule has 2 unspecified atom stereocenters. The first kappa shape index (κ1) is 65.3. The van der Waals surface area contributed by atoms with E-state index in [1.165, 1.54) is 270 Å². The normalized spacial score (nSPS) is 13.1. The molecule has 0 saturated carbocycles. The summed E-state index contributed by atoms with van der Waals surface area (Å²) in [6.45, 7) is 4.33. The molecular formula is C63H119NO3. The molecule has 0 aliphatic heterocycles. The van der Waals surface area contributed by atoms with Crippen LogP contribution in [0.4, 0.5) is 0 Å². The molecular weight excluding hydrogens is 819 g/mol. The molecule has 2 atom stereocenters. The van der Waals surface area contributed by atoms with Crippen LogP contribution in [-0.2, 0) is 4.79 Å². The van der Waals surface area contributed by atoms with Crippen LogP contribution in [0.1, 0.15) is 328 Å². The van der Waals surface area contributed by atoms with Gasteiger partial charge >= 0.3 is 0 Å². The lowest BCUT2D eigenvalue weighted by atomic mass is 10.0. The molecule has 0 spiro atoms. The number of unbranched alkanes of at least 4 members (excludes halogenated alkanes) is 43. The summed E-state index contributed by atoms with van der Waals surface area (Å²) in [6, 6.07) is -0.647. The summed E-state index contributed by atoms with van der Waals surface area (Å²) >= 11 is 0. The SMILES string of the molecule is CCCCCCCCCCCCCC/C=C\CCCCCCCCCCCCCCCCCC(=O)NC(CO)C(O)/C=C/CC/C=C/CC/C=C/CCCCCCCCCCCCCCCC. The van der Waals surface area contributed by atoms with Gasteiger partial charge in [0.15, 0.2) is 0 Å². The van der Waals surface area contributed by atoms with E-state index in [1.807, 2.05) is 6.08 Å². The highest BCUT2D eigenvalue weighted by molar-refractivity contribution is 5.76. The molecule has 0 radical (unpaired) electrons. The van der Waals surface area contributed by atoms with E-state index in [9.17, 15) is 15.0 Å². The van der Waals surface area contributed by atoms with Crippen molar-refractivity contribution in [2.75, 3.05) is 6.61 Å². The summed E-state index contributed by atoms with van der Waals surface area (Å²) < 4.78 is 0. The highest BCUT2D eigenvalue weighted by Crippen LogP contribution is 2.17. The molecule has 0 heterocycles. The Kier molecular flexibility index (Phi) is 57.2. The first-order valence-electron chi connectivity index (χ1n) is 30.4. The Morgan fingerprint density at radius 1 is 0.343 bits per heavy atom. The van der Waals surface area contributed by atoms with Crippen molar-refractivity contribution in [1.82, 2.24) is 5.32 Å². The van der Waals surface area contributed by atoms with Crippen molar-refractivity contribution in [3.63, 3.8) is 0 Å². The van der Waals surface area contributed by atoms with Gasteiger partial charge in [-0.1, -0.05) is 300 Å². The van der Waals surface area contributed by atoms with Crippen molar-refractivity contribution in [3.8, 4) is 0 Å². The molecule has 4 heteroatoms. The quantitative estimate of drug-likeness (QED) is 0.0420. The van der Waals surface area contributed by atoms with Crippen LogP contribution in [0, 0.1) is 0 Å². The van der Waals surface area contributed by atoms with Gasteiger partial charge in [0.25, 0.3) is 0 Å². The van der Waals surface area contributed by atoms with Crippen LogP contribution in [0.15, 0.2) is 48.6 Å². The molecule has 0 aliphatic carbocycles. The van der Waals surface area contributed by atoms with E-state index in [1.54, 1.807) is 6.08 Å². The van der Waals surface area contributed by atoms with E-state index in [0.29, 0.717) is 6.42 Å². The lowest BCUT2D eigenvalue weighted by Crippen LogP contribution is -2.45. The molecule has 4 nitrogen and oxygen atoms in total. The van der Waals surface area contributed by atoms with E-state index in [-0.39, 0.29) is 12.5 Å². The van der Waals surface area contributed by atoms with Crippen LogP contribution in [0.2, 0.25) is 0 Å². The monoisotopic (exact) mass is 938 g/mol. The van der Waals surface area contributed by atoms with Gasteiger partial charge in [-0.15, -0.1) is 0 Å². The Labute approximate surface area is 420 Å². The van der Waals surface area contributed by atoms with E-state index in [0.717, 1.165) is 38.5 Å². The van der Waals surface area contributed by atoms with Crippen LogP contribution in [0.25, 0.3) is 0 Å². The number of carbonyl (C=O) groups is 1. The van der Waals surface area contributed by atoms with Gasteiger partial charge in [0, 0.05) is 6.42 Å². The van der Waals surface area contributed by atoms with Gasteiger partial charge in [-0.25, -0.2) is 0 Å². The Morgan fingerprint density at radius 3 is 0.866 bits per heavy atom. The van der Waals surface area contributed by atoms with Crippen molar-refractivity contribution < 1.29 is 15.0 Å². The summed E-state index contributed by atoms with van der Waals surface area (Å²) in [6.07, 6.45) is 81.6. The van der Waals surface area contributed by atoms with Crippen molar-refractivity contribution in [3.05, 3.63) is 48.6 Å². The minimum absolute atomic E-state index is 0.0735. The third kappa shape index (κ3) is 55.2. The highest BCUT2D eigenvalue weighted by Gasteiger charge is 2.18. The summed E-state index contributed by atoms with van der Waals surface area (Å²) in [7, 11) is 0. The van der Waals surface area contributed by atoms with Gasteiger partial charge in [-0.3, -0.25) is 4.79 Å². The first-order chi connectivity index (χ1) is 33.2. The molecule has 0 bridgehead atoms. The molecule has 1 amide bonds. The molecule has 394 valence electrons.